The molecule has 0 spiro atoms. The number of benzene rings is 1. The molecule has 0 aliphatic carbocycles. The Hall–Kier alpha value is -2.29. The third-order valence-corrected chi connectivity index (χ3v) is 4.54. The van der Waals surface area contributed by atoms with Crippen LogP contribution < -0.4 is 15.4 Å². The first-order valence-electron chi connectivity index (χ1n) is 8.50. The van der Waals surface area contributed by atoms with Gasteiger partial charge in [-0.25, -0.2) is 9.98 Å². The second-order valence-corrected chi connectivity index (χ2v) is 6.81. The summed E-state index contributed by atoms with van der Waals surface area (Å²) in [5, 5.41) is 9.17. The van der Waals surface area contributed by atoms with Gasteiger partial charge in [0, 0.05) is 24.9 Å². The van der Waals surface area contributed by atoms with Gasteiger partial charge < -0.3 is 15.4 Å². The maximum absolute atomic E-state index is 13.3. The first-order chi connectivity index (χ1) is 12.8. The first kappa shape index (κ1) is 21.0. The van der Waals surface area contributed by atoms with Gasteiger partial charge in [-0.15, -0.1) is 11.3 Å². The molecule has 0 radical (unpaired) electrons. The Morgan fingerprint density at radius 1 is 1.30 bits per heavy atom. The summed E-state index contributed by atoms with van der Waals surface area (Å²) in [5.74, 6) is 0.632. The maximum Gasteiger partial charge on any atom is 0.416 e. The molecule has 0 fully saturated rings. The maximum atomic E-state index is 13.3. The molecule has 0 unspecified atom stereocenters. The summed E-state index contributed by atoms with van der Waals surface area (Å²) in [6.45, 7) is 4.94. The highest BCUT2D eigenvalue weighted by molar-refractivity contribution is 7.09. The van der Waals surface area contributed by atoms with Crippen molar-refractivity contribution in [1.82, 2.24) is 15.6 Å². The van der Waals surface area contributed by atoms with Crippen molar-refractivity contribution in [3.05, 3.63) is 45.4 Å². The number of guanidine groups is 1. The molecule has 0 aliphatic heterocycles. The average Bonchev–Trinajstić information content (AvgIpc) is 3.04. The Morgan fingerprint density at radius 3 is 2.67 bits per heavy atom. The number of halogens is 3. The average molecular weight is 400 g/mol. The fraction of sp³-hybridized carbons (Fsp3) is 0.444. The lowest BCUT2D eigenvalue weighted by Gasteiger charge is -2.14. The van der Waals surface area contributed by atoms with E-state index >= 15 is 0 Å². The lowest BCUT2D eigenvalue weighted by molar-refractivity contribution is -0.138. The van der Waals surface area contributed by atoms with E-state index in [1.54, 1.807) is 11.3 Å². The number of aliphatic imine (C=N–C) groups is 1. The molecule has 0 saturated heterocycles. The largest absolute Gasteiger partial charge is 0.497 e. The van der Waals surface area contributed by atoms with Gasteiger partial charge in [0.25, 0.3) is 0 Å². The van der Waals surface area contributed by atoms with Crippen molar-refractivity contribution in [3.8, 4) is 5.75 Å². The molecule has 1 aromatic heterocycles. The molecule has 0 aliphatic rings. The highest BCUT2D eigenvalue weighted by Gasteiger charge is 2.33. The van der Waals surface area contributed by atoms with Gasteiger partial charge in [0.1, 0.15) is 5.75 Å². The van der Waals surface area contributed by atoms with Crippen molar-refractivity contribution in [2.24, 2.45) is 4.99 Å². The van der Waals surface area contributed by atoms with Crippen molar-refractivity contribution in [3.63, 3.8) is 0 Å². The lowest BCUT2D eigenvalue weighted by atomic mass is 10.1. The van der Waals surface area contributed by atoms with Crippen LogP contribution in [-0.4, -0.2) is 31.1 Å². The van der Waals surface area contributed by atoms with Gasteiger partial charge in [0.05, 0.1) is 29.9 Å². The summed E-state index contributed by atoms with van der Waals surface area (Å²) in [6, 6.07) is 3.90. The van der Waals surface area contributed by atoms with E-state index in [1.165, 1.54) is 19.2 Å². The summed E-state index contributed by atoms with van der Waals surface area (Å²) in [7, 11) is 1.34. The number of methoxy groups -OCH3 is 1. The molecule has 9 heteroatoms. The van der Waals surface area contributed by atoms with Crippen molar-refractivity contribution in [2.75, 3.05) is 20.2 Å². The van der Waals surface area contributed by atoms with E-state index in [4.69, 9.17) is 4.74 Å². The van der Waals surface area contributed by atoms with Crippen LogP contribution >= 0.6 is 11.3 Å². The molecule has 0 atom stereocenters. The lowest BCUT2D eigenvalue weighted by Crippen LogP contribution is -2.38. The fourth-order valence-electron chi connectivity index (χ4n) is 2.42. The molecule has 27 heavy (non-hydrogen) atoms. The van der Waals surface area contributed by atoms with Gasteiger partial charge in [0.15, 0.2) is 5.96 Å². The Kier molecular flexibility index (Phi) is 7.46. The molecule has 0 saturated carbocycles. The molecular formula is C18H23F3N4OS. The van der Waals surface area contributed by atoms with Gasteiger partial charge in [-0.3, -0.25) is 0 Å². The zero-order valence-electron chi connectivity index (χ0n) is 15.5. The molecule has 5 nitrogen and oxygen atoms in total. The molecular weight excluding hydrogens is 377 g/mol. The van der Waals surface area contributed by atoms with Gasteiger partial charge in [-0.2, -0.15) is 13.2 Å². The summed E-state index contributed by atoms with van der Waals surface area (Å²) in [4.78, 5) is 8.67. The number of hydrogen-bond donors (Lipinski definition) is 2. The third-order valence-electron chi connectivity index (χ3n) is 3.71. The van der Waals surface area contributed by atoms with E-state index in [0.29, 0.717) is 25.5 Å². The van der Waals surface area contributed by atoms with E-state index in [-0.39, 0.29) is 17.9 Å². The smallest absolute Gasteiger partial charge is 0.416 e. The van der Waals surface area contributed by atoms with Gasteiger partial charge >= 0.3 is 6.18 Å². The predicted octanol–water partition coefficient (Wildman–Crippen LogP) is 3.78. The second kappa shape index (κ2) is 9.59. The minimum absolute atomic E-state index is 0.0932. The SMILES string of the molecule is CCNC(=NCc1ccc(OC)cc1C(F)(F)F)NCCc1csc(C)n1. The molecule has 2 N–H and O–H groups in total. The Morgan fingerprint density at radius 2 is 2.07 bits per heavy atom. The van der Waals surface area contributed by atoms with Crippen LogP contribution in [0.5, 0.6) is 5.75 Å². The highest BCUT2D eigenvalue weighted by Crippen LogP contribution is 2.34. The van der Waals surface area contributed by atoms with Crippen LogP contribution in [0.2, 0.25) is 0 Å². The van der Waals surface area contributed by atoms with Gasteiger partial charge in [0.2, 0.25) is 0 Å². The molecule has 148 valence electrons. The predicted molar refractivity (Wildman–Crippen MR) is 101 cm³/mol. The van der Waals surface area contributed by atoms with Gasteiger partial charge in [-0.05, 0) is 31.5 Å². The molecule has 2 aromatic rings. The topological polar surface area (TPSA) is 58.5 Å². The van der Waals surface area contributed by atoms with Crippen LogP contribution in [0.25, 0.3) is 0 Å². The van der Waals surface area contributed by atoms with Crippen molar-refractivity contribution in [1.29, 1.82) is 0 Å². The zero-order valence-corrected chi connectivity index (χ0v) is 16.3. The van der Waals surface area contributed by atoms with Crippen LogP contribution in [0.15, 0.2) is 28.6 Å². The summed E-state index contributed by atoms with van der Waals surface area (Å²) in [5.41, 5.74) is 0.338. The summed E-state index contributed by atoms with van der Waals surface area (Å²) in [6.07, 6.45) is -3.75. The van der Waals surface area contributed by atoms with Crippen LogP contribution in [0, 0.1) is 6.92 Å². The number of nitrogens with zero attached hydrogens (tertiary/aromatic N) is 2. The van der Waals surface area contributed by atoms with E-state index in [0.717, 1.165) is 16.8 Å². The monoisotopic (exact) mass is 400 g/mol. The Bertz CT molecular complexity index is 774. The zero-order chi connectivity index (χ0) is 19.9. The fourth-order valence-corrected chi connectivity index (χ4v) is 3.07. The number of thiazole rings is 1. The molecule has 1 heterocycles. The number of aryl methyl sites for hydroxylation is 1. The molecule has 1 aromatic carbocycles. The van der Waals surface area contributed by atoms with Crippen LogP contribution in [0.3, 0.4) is 0 Å². The van der Waals surface area contributed by atoms with Gasteiger partial charge in [-0.1, -0.05) is 6.07 Å². The Labute approximate surface area is 160 Å². The quantitative estimate of drug-likeness (QED) is 0.549. The number of ether oxygens (including phenoxy) is 1. The molecule has 0 amide bonds. The van der Waals surface area contributed by atoms with Crippen molar-refractivity contribution < 1.29 is 17.9 Å². The van der Waals surface area contributed by atoms with E-state index in [1.807, 2.05) is 19.2 Å². The molecule has 0 bridgehead atoms. The second-order valence-electron chi connectivity index (χ2n) is 5.75. The number of aromatic nitrogens is 1. The van der Waals surface area contributed by atoms with Crippen molar-refractivity contribution >= 4 is 17.3 Å². The number of alkyl halides is 3. The minimum atomic E-state index is -4.46. The third kappa shape index (κ3) is 6.42. The van der Waals surface area contributed by atoms with Crippen LogP contribution in [0.1, 0.15) is 28.8 Å². The first-order valence-corrected chi connectivity index (χ1v) is 9.38. The molecule has 2 rings (SSSR count). The number of hydrogen-bond acceptors (Lipinski definition) is 4. The van der Waals surface area contributed by atoms with Crippen LogP contribution in [-0.2, 0) is 19.1 Å². The minimum Gasteiger partial charge on any atom is -0.497 e. The summed E-state index contributed by atoms with van der Waals surface area (Å²) >= 11 is 1.59. The Balaban J connectivity index is 2.07. The van der Waals surface area contributed by atoms with Crippen molar-refractivity contribution in [2.45, 2.75) is 33.0 Å². The summed E-state index contributed by atoms with van der Waals surface area (Å²) < 4.78 is 44.8. The van der Waals surface area contributed by atoms with E-state index < -0.39 is 11.7 Å². The standard InChI is InChI=1S/C18H23F3N4OS/c1-4-22-17(23-8-7-14-11-27-12(2)25-14)24-10-13-5-6-15(26-3)9-16(13)18(19,20)21/h5-6,9,11H,4,7-8,10H2,1-3H3,(H2,22,23,24). The van der Waals surface area contributed by atoms with Crippen LogP contribution in [0.4, 0.5) is 13.2 Å². The van der Waals surface area contributed by atoms with E-state index in [9.17, 15) is 13.2 Å². The highest BCUT2D eigenvalue weighted by atomic mass is 32.1. The van der Waals surface area contributed by atoms with E-state index in [2.05, 4.69) is 20.6 Å². The number of nitrogens with one attached hydrogen (secondary N) is 2. The number of rotatable bonds is 7. The normalized spacial score (nSPS) is 12.1.